The molecular formula is C12H19NO3. The number of nitrogen functional groups attached to an aromatic ring is 1. The summed E-state index contributed by atoms with van der Waals surface area (Å²) < 4.78 is 15.7. The second-order valence-electron chi connectivity index (χ2n) is 3.46. The summed E-state index contributed by atoms with van der Waals surface area (Å²) in [4.78, 5) is 0. The summed E-state index contributed by atoms with van der Waals surface area (Å²) in [5.74, 6) is 0.798. The standard InChI is InChI=1S/C12H19NO3/c1-14-12(15-2)7-4-8-16-11-6-3-5-10(13)9-11/h3,5-6,9,12H,4,7-8,13H2,1-2H3. The zero-order chi connectivity index (χ0) is 11.8. The van der Waals surface area contributed by atoms with Gasteiger partial charge in [-0.05, 0) is 18.6 Å². The SMILES string of the molecule is COC(CCCOc1cccc(N)c1)OC. The Labute approximate surface area is 96.3 Å². The fourth-order valence-electron chi connectivity index (χ4n) is 1.38. The van der Waals surface area contributed by atoms with E-state index in [1.165, 1.54) is 0 Å². The molecule has 1 aromatic rings. The second kappa shape index (κ2) is 7.09. The molecule has 4 heteroatoms. The van der Waals surface area contributed by atoms with Crippen LogP contribution in [0, 0.1) is 0 Å². The number of rotatable bonds is 7. The molecule has 16 heavy (non-hydrogen) atoms. The molecule has 0 amide bonds. The number of hydrogen-bond donors (Lipinski definition) is 1. The van der Waals surface area contributed by atoms with Crippen molar-refractivity contribution in [1.82, 2.24) is 0 Å². The molecule has 0 unspecified atom stereocenters. The lowest BCUT2D eigenvalue weighted by molar-refractivity contribution is -0.107. The highest BCUT2D eigenvalue weighted by atomic mass is 16.7. The van der Waals surface area contributed by atoms with Gasteiger partial charge in [-0.15, -0.1) is 0 Å². The van der Waals surface area contributed by atoms with Gasteiger partial charge in [0.15, 0.2) is 6.29 Å². The summed E-state index contributed by atoms with van der Waals surface area (Å²) in [5, 5.41) is 0. The quantitative estimate of drug-likeness (QED) is 0.438. The zero-order valence-corrected chi connectivity index (χ0v) is 9.81. The Morgan fingerprint density at radius 3 is 2.62 bits per heavy atom. The number of anilines is 1. The van der Waals surface area contributed by atoms with Crippen molar-refractivity contribution in [3.63, 3.8) is 0 Å². The average molecular weight is 225 g/mol. The molecule has 0 fully saturated rings. The summed E-state index contributed by atoms with van der Waals surface area (Å²) in [5.41, 5.74) is 6.35. The number of benzene rings is 1. The number of hydrogen-bond acceptors (Lipinski definition) is 4. The molecule has 0 saturated heterocycles. The molecule has 1 aromatic carbocycles. The molecule has 0 saturated carbocycles. The van der Waals surface area contributed by atoms with E-state index in [1.807, 2.05) is 24.3 Å². The van der Waals surface area contributed by atoms with Gasteiger partial charge < -0.3 is 19.9 Å². The van der Waals surface area contributed by atoms with Crippen molar-refractivity contribution >= 4 is 5.69 Å². The van der Waals surface area contributed by atoms with Crippen LogP contribution in [0.1, 0.15) is 12.8 Å². The van der Waals surface area contributed by atoms with E-state index in [9.17, 15) is 0 Å². The van der Waals surface area contributed by atoms with Crippen molar-refractivity contribution in [1.29, 1.82) is 0 Å². The van der Waals surface area contributed by atoms with Crippen LogP contribution in [-0.4, -0.2) is 27.1 Å². The molecule has 0 aromatic heterocycles. The van der Waals surface area contributed by atoms with Gasteiger partial charge >= 0.3 is 0 Å². The first kappa shape index (κ1) is 12.8. The van der Waals surface area contributed by atoms with Gasteiger partial charge in [-0.2, -0.15) is 0 Å². The highest BCUT2D eigenvalue weighted by Crippen LogP contribution is 2.15. The number of ether oxygens (including phenoxy) is 3. The number of nitrogens with two attached hydrogens (primary N) is 1. The highest BCUT2D eigenvalue weighted by molar-refractivity contribution is 5.43. The summed E-state index contributed by atoms with van der Waals surface area (Å²) in [6, 6.07) is 7.40. The molecule has 0 atom stereocenters. The summed E-state index contributed by atoms with van der Waals surface area (Å²) in [6.45, 7) is 0.632. The van der Waals surface area contributed by atoms with Gasteiger partial charge in [0.1, 0.15) is 5.75 Å². The summed E-state index contributed by atoms with van der Waals surface area (Å²) in [6.07, 6.45) is 1.54. The summed E-state index contributed by atoms with van der Waals surface area (Å²) >= 11 is 0. The minimum absolute atomic E-state index is 0.149. The Kier molecular flexibility index (Phi) is 5.67. The lowest BCUT2D eigenvalue weighted by Gasteiger charge is -2.13. The molecule has 0 aliphatic heterocycles. The molecule has 0 radical (unpaired) electrons. The van der Waals surface area contributed by atoms with Crippen LogP contribution in [0.2, 0.25) is 0 Å². The third-order valence-corrected chi connectivity index (χ3v) is 2.24. The third kappa shape index (κ3) is 4.51. The van der Waals surface area contributed by atoms with E-state index < -0.39 is 0 Å². The third-order valence-electron chi connectivity index (χ3n) is 2.24. The fourth-order valence-corrected chi connectivity index (χ4v) is 1.38. The van der Waals surface area contributed by atoms with Crippen LogP contribution in [0.3, 0.4) is 0 Å². The highest BCUT2D eigenvalue weighted by Gasteiger charge is 2.04. The molecule has 0 aliphatic rings. The van der Waals surface area contributed by atoms with Crippen molar-refractivity contribution in [3.05, 3.63) is 24.3 Å². The number of methoxy groups -OCH3 is 2. The van der Waals surface area contributed by atoms with Crippen LogP contribution in [0.5, 0.6) is 5.75 Å². The van der Waals surface area contributed by atoms with E-state index in [-0.39, 0.29) is 6.29 Å². The summed E-state index contributed by atoms with van der Waals surface area (Å²) in [7, 11) is 3.26. The predicted octanol–water partition coefficient (Wildman–Crippen LogP) is 2.05. The Balaban J connectivity index is 2.20. The van der Waals surface area contributed by atoms with Gasteiger partial charge in [0.05, 0.1) is 6.61 Å². The van der Waals surface area contributed by atoms with E-state index in [1.54, 1.807) is 14.2 Å². The molecule has 0 bridgehead atoms. The van der Waals surface area contributed by atoms with Gasteiger partial charge in [0.2, 0.25) is 0 Å². The lowest BCUT2D eigenvalue weighted by atomic mass is 10.3. The van der Waals surface area contributed by atoms with Crippen molar-refractivity contribution in [2.75, 3.05) is 26.6 Å². The van der Waals surface area contributed by atoms with Gasteiger partial charge in [0.25, 0.3) is 0 Å². The fraction of sp³-hybridized carbons (Fsp3) is 0.500. The Morgan fingerprint density at radius 1 is 1.25 bits per heavy atom. The van der Waals surface area contributed by atoms with Gasteiger partial charge in [-0.3, -0.25) is 0 Å². The normalized spacial score (nSPS) is 10.7. The van der Waals surface area contributed by atoms with E-state index in [2.05, 4.69) is 0 Å². The maximum atomic E-state index is 5.63. The molecule has 1 rings (SSSR count). The molecule has 0 aliphatic carbocycles. The molecule has 90 valence electrons. The lowest BCUT2D eigenvalue weighted by Crippen LogP contribution is -2.14. The molecule has 0 heterocycles. The van der Waals surface area contributed by atoms with Crippen LogP contribution in [0.15, 0.2) is 24.3 Å². The van der Waals surface area contributed by atoms with Crippen LogP contribution in [-0.2, 0) is 9.47 Å². The van der Waals surface area contributed by atoms with Crippen LogP contribution >= 0.6 is 0 Å². The van der Waals surface area contributed by atoms with Crippen molar-refractivity contribution in [2.24, 2.45) is 0 Å². The molecule has 0 spiro atoms. The Bertz CT molecular complexity index is 300. The first-order valence-corrected chi connectivity index (χ1v) is 5.30. The maximum absolute atomic E-state index is 5.63. The first-order valence-electron chi connectivity index (χ1n) is 5.30. The van der Waals surface area contributed by atoms with Crippen molar-refractivity contribution in [2.45, 2.75) is 19.1 Å². The van der Waals surface area contributed by atoms with Gasteiger partial charge in [-0.25, -0.2) is 0 Å². The smallest absolute Gasteiger partial charge is 0.156 e. The van der Waals surface area contributed by atoms with Gasteiger partial charge in [0, 0.05) is 32.4 Å². The van der Waals surface area contributed by atoms with E-state index >= 15 is 0 Å². The minimum atomic E-state index is -0.149. The molecular weight excluding hydrogens is 206 g/mol. The first-order chi connectivity index (χ1) is 7.76. The second-order valence-corrected chi connectivity index (χ2v) is 3.46. The van der Waals surface area contributed by atoms with Gasteiger partial charge in [-0.1, -0.05) is 6.07 Å². The predicted molar refractivity (Wildman–Crippen MR) is 63.4 cm³/mol. The maximum Gasteiger partial charge on any atom is 0.156 e. The van der Waals surface area contributed by atoms with E-state index in [0.29, 0.717) is 12.3 Å². The Morgan fingerprint density at radius 2 is 2.00 bits per heavy atom. The van der Waals surface area contributed by atoms with Crippen LogP contribution in [0.25, 0.3) is 0 Å². The molecule has 2 N–H and O–H groups in total. The average Bonchev–Trinajstić information content (AvgIpc) is 2.29. The topological polar surface area (TPSA) is 53.7 Å². The van der Waals surface area contributed by atoms with Crippen molar-refractivity contribution < 1.29 is 14.2 Å². The monoisotopic (exact) mass is 225 g/mol. The van der Waals surface area contributed by atoms with Crippen molar-refractivity contribution in [3.8, 4) is 5.75 Å². The molecule has 4 nitrogen and oxygen atoms in total. The van der Waals surface area contributed by atoms with E-state index in [4.69, 9.17) is 19.9 Å². The minimum Gasteiger partial charge on any atom is -0.494 e. The van der Waals surface area contributed by atoms with Crippen LogP contribution in [0.4, 0.5) is 5.69 Å². The zero-order valence-electron chi connectivity index (χ0n) is 9.81. The Hall–Kier alpha value is -1.26. The van der Waals surface area contributed by atoms with Crippen LogP contribution < -0.4 is 10.5 Å². The van der Waals surface area contributed by atoms with E-state index in [0.717, 1.165) is 18.6 Å². The largest absolute Gasteiger partial charge is 0.494 e.